The van der Waals surface area contributed by atoms with Crippen molar-refractivity contribution in [1.82, 2.24) is 9.96 Å². The van der Waals surface area contributed by atoms with E-state index in [-0.39, 0.29) is 18.5 Å². The smallest absolute Gasteiger partial charge is 0.408 e. The molecule has 0 aromatic heterocycles. The van der Waals surface area contributed by atoms with Crippen molar-refractivity contribution in [1.29, 1.82) is 0 Å². The molecule has 1 saturated heterocycles. The lowest BCUT2D eigenvalue weighted by atomic mass is 9.98. The zero-order valence-electron chi connectivity index (χ0n) is 10.8. The van der Waals surface area contributed by atoms with Crippen molar-refractivity contribution in [3.8, 4) is 0 Å². The van der Waals surface area contributed by atoms with Crippen LogP contribution in [0.25, 0.3) is 0 Å². The quantitative estimate of drug-likeness (QED) is 0.833. The summed E-state index contributed by atoms with van der Waals surface area (Å²) in [6, 6.07) is 8.23. The second kappa shape index (κ2) is 5.27. The number of hydrogen-bond acceptors (Lipinski definition) is 3. The van der Waals surface area contributed by atoms with Crippen LogP contribution in [-0.2, 0) is 16.2 Å². The molecule has 19 heavy (non-hydrogen) atoms. The van der Waals surface area contributed by atoms with Crippen LogP contribution >= 0.6 is 0 Å². The number of carboxylic acid groups (broad SMARTS) is 1. The van der Waals surface area contributed by atoms with Crippen LogP contribution < -0.4 is 0 Å². The lowest BCUT2D eigenvalue weighted by molar-refractivity contribution is -0.229. The Labute approximate surface area is 111 Å². The van der Waals surface area contributed by atoms with E-state index in [0.717, 1.165) is 10.5 Å². The average molecular weight is 264 g/mol. The first-order chi connectivity index (χ1) is 9.06. The molecule has 2 rings (SSSR count). The summed E-state index contributed by atoms with van der Waals surface area (Å²) in [5.41, 5.74) is 0.848. The molecule has 2 amide bonds. The fraction of sp³-hybridized carbons (Fsp3) is 0.385. The van der Waals surface area contributed by atoms with Crippen LogP contribution in [0.4, 0.5) is 4.79 Å². The van der Waals surface area contributed by atoms with Crippen molar-refractivity contribution < 1.29 is 19.5 Å². The van der Waals surface area contributed by atoms with Gasteiger partial charge < -0.3 is 5.11 Å². The molecule has 1 heterocycles. The van der Waals surface area contributed by atoms with Gasteiger partial charge >= 0.3 is 6.09 Å². The Morgan fingerprint density at radius 3 is 2.53 bits per heavy atom. The summed E-state index contributed by atoms with van der Waals surface area (Å²) < 4.78 is 0. The maximum atomic E-state index is 11.8. The molecule has 0 unspecified atom stereocenters. The topological polar surface area (TPSA) is 70.1 Å². The lowest BCUT2D eigenvalue weighted by Gasteiger charge is -2.46. The van der Waals surface area contributed by atoms with Crippen molar-refractivity contribution in [2.24, 2.45) is 0 Å². The summed E-state index contributed by atoms with van der Waals surface area (Å²) >= 11 is 0. The van der Waals surface area contributed by atoms with Crippen LogP contribution in [0, 0.1) is 0 Å². The van der Waals surface area contributed by atoms with Crippen LogP contribution in [0.2, 0.25) is 0 Å². The van der Waals surface area contributed by atoms with Crippen molar-refractivity contribution in [2.75, 3.05) is 7.11 Å². The van der Waals surface area contributed by atoms with E-state index in [4.69, 9.17) is 4.84 Å². The van der Waals surface area contributed by atoms with Gasteiger partial charge in [-0.2, -0.15) is 0 Å². The van der Waals surface area contributed by atoms with E-state index < -0.39 is 12.1 Å². The summed E-state index contributed by atoms with van der Waals surface area (Å²) in [4.78, 5) is 29.2. The fourth-order valence-electron chi connectivity index (χ4n) is 2.30. The van der Waals surface area contributed by atoms with E-state index in [0.29, 0.717) is 0 Å². The zero-order chi connectivity index (χ0) is 14.0. The predicted octanol–water partition coefficient (Wildman–Crippen LogP) is 1.33. The number of carbonyl (C=O) groups excluding carboxylic acids is 1. The van der Waals surface area contributed by atoms with Crippen LogP contribution in [0.1, 0.15) is 12.5 Å². The normalized spacial score (nSPS) is 22.0. The van der Waals surface area contributed by atoms with Crippen LogP contribution in [0.5, 0.6) is 0 Å². The van der Waals surface area contributed by atoms with Crippen molar-refractivity contribution in [3.63, 3.8) is 0 Å². The molecule has 0 radical (unpaired) electrons. The molecule has 6 heteroatoms. The maximum absolute atomic E-state index is 11.8. The van der Waals surface area contributed by atoms with Gasteiger partial charge in [0, 0.05) is 6.54 Å². The number of nitrogens with zero attached hydrogens (tertiary/aromatic N) is 2. The Kier molecular flexibility index (Phi) is 3.71. The minimum Gasteiger partial charge on any atom is -0.465 e. The van der Waals surface area contributed by atoms with Crippen LogP contribution in [0.15, 0.2) is 30.3 Å². The third-order valence-electron chi connectivity index (χ3n) is 3.27. The molecule has 1 aromatic rings. The van der Waals surface area contributed by atoms with Gasteiger partial charge in [0.05, 0.1) is 13.2 Å². The van der Waals surface area contributed by atoms with Gasteiger partial charge in [0.1, 0.15) is 6.04 Å². The van der Waals surface area contributed by atoms with Gasteiger partial charge in [-0.1, -0.05) is 30.3 Å². The first kappa shape index (κ1) is 13.4. The zero-order valence-corrected chi connectivity index (χ0v) is 10.8. The lowest BCUT2D eigenvalue weighted by Crippen LogP contribution is -2.69. The van der Waals surface area contributed by atoms with Gasteiger partial charge in [-0.25, -0.2) is 9.86 Å². The van der Waals surface area contributed by atoms with E-state index in [2.05, 4.69) is 0 Å². The van der Waals surface area contributed by atoms with Gasteiger partial charge in [0.15, 0.2) is 0 Å². The molecule has 102 valence electrons. The monoisotopic (exact) mass is 264 g/mol. The fourth-order valence-corrected chi connectivity index (χ4v) is 2.30. The van der Waals surface area contributed by atoms with Crippen LogP contribution in [0.3, 0.4) is 0 Å². The highest BCUT2D eigenvalue weighted by atomic mass is 16.7. The van der Waals surface area contributed by atoms with E-state index in [1.807, 2.05) is 30.3 Å². The number of β-lactam (4-membered cyclic amide) rings is 1. The molecule has 0 saturated carbocycles. The minimum absolute atomic E-state index is 0.189. The first-order valence-electron chi connectivity index (χ1n) is 5.97. The SMILES string of the molecule is CON1C(=O)[C@@H](N(Cc2ccccc2)C(=O)O)[C@@H]1C. The number of hydrogen-bond donors (Lipinski definition) is 1. The number of amides is 2. The molecule has 1 N–H and O–H groups in total. The minimum atomic E-state index is -1.11. The molecule has 1 aromatic carbocycles. The number of carbonyl (C=O) groups is 2. The Morgan fingerprint density at radius 1 is 1.42 bits per heavy atom. The Hall–Kier alpha value is -2.08. The summed E-state index contributed by atoms with van der Waals surface area (Å²) in [6.07, 6.45) is -1.11. The summed E-state index contributed by atoms with van der Waals surface area (Å²) in [5.74, 6) is -0.326. The second-order valence-electron chi connectivity index (χ2n) is 4.43. The molecular formula is C13H16N2O4. The highest BCUT2D eigenvalue weighted by Crippen LogP contribution is 2.26. The molecule has 2 atom stereocenters. The van der Waals surface area contributed by atoms with Gasteiger partial charge in [-0.05, 0) is 12.5 Å². The third kappa shape index (κ3) is 2.39. The van der Waals surface area contributed by atoms with E-state index >= 15 is 0 Å². The van der Waals surface area contributed by atoms with Gasteiger partial charge in [-0.15, -0.1) is 0 Å². The van der Waals surface area contributed by atoms with Gasteiger partial charge in [0.25, 0.3) is 5.91 Å². The number of hydroxylamine groups is 2. The van der Waals surface area contributed by atoms with Crippen molar-refractivity contribution in [3.05, 3.63) is 35.9 Å². The highest BCUT2D eigenvalue weighted by Gasteiger charge is 2.50. The first-order valence-corrected chi connectivity index (χ1v) is 5.97. The molecule has 6 nitrogen and oxygen atoms in total. The van der Waals surface area contributed by atoms with E-state index in [1.54, 1.807) is 6.92 Å². The molecule has 0 bridgehead atoms. The standard InChI is InChI=1S/C13H16N2O4/c1-9-11(12(16)15(9)19-2)14(13(17)18)8-10-6-4-3-5-7-10/h3-7,9,11H,8H2,1-2H3,(H,17,18)/t9-,11-/m0/s1. The van der Waals surface area contributed by atoms with Gasteiger partial charge in [-0.3, -0.25) is 14.5 Å². The number of rotatable bonds is 4. The molecular weight excluding hydrogens is 248 g/mol. The summed E-state index contributed by atoms with van der Waals surface area (Å²) in [6.45, 7) is 1.95. The third-order valence-corrected chi connectivity index (χ3v) is 3.27. The summed E-state index contributed by atoms with van der Waals surface area (Å²) in [7, 11) is 1.40. The molecule has 0 aliphatic carbocycles. The Bertz CT molecular complexity index is 477. The Balaban J connectivity index is 2.14. The number of benzene rings is 1. The van der Waals surface area contributed by atoms with E-state index in [1.165, 1.54) is 12.2 Å². The molecule has 1 fully saturated rings. The predicted molar refractivity (Wildman–Crippen MR) is 67.1 cm³/mol. The largest absolute Gasteiger partial charge is 0.465 e. The summed E-state index contributed by atoms with van der Waals surface area (Å²) in [5, 5.41) is 10.5. The van der Waals surface area contributed by atoms with Gasteiger partial charge in [0.2, 0.25) is 0 Å². The molecule has 1 aliphatic rings. The molecule has 1 aliphatic heterocycles. The van der Waals surface area contributed by atoms with Crippen molar-refractivity contribution >= 4 is 12.0 Å². The van der Waals surface area contributed by atoms with Crippen molar-refractivity contribution in [2.45, 2.75) is 25.6 Å². The molecule has 0 spiro atoms. The second-order valence-corrected chi connectivity index (χ2v) is 4.43. The van der Waals surface area contributed by atoms with E-state index in [9.17, 15) is 14.7 Å². The maximum Gasteiger partial charge on any atom is 0.408 e. The average Bonchev–Trinajstić information content (AvgIpc) is 2.39. The van der Waals surface area contributed by atoms with Crippen LogP contribution in [-0.4, -0.2) is 46.3 Å². The highest BCUT2D eigenvalue weighted by molar-refractivity contribution is 5.91. The Morgan fingerprint density at radius 2 is 2.05 bits per heavy atom.